The van der Waals surface area contributed by atoms with E-state index in [0.29, 0.717) is 5.49 Å². The molecule has 0 bridgehead atoms. The van der Waals surface area contributed by atoms with Crippen LogP contribution in [-0.2, 0) is 7.05 Å². The van der Waals surface area contributed by atoms with Crippen LogP contribution >= 0.6 is 24.0 Å². The molecular formula is C8H12IN5O. The molecule has 0 amide bonds. The number of rotatable bonds is 1. The summed E-state index contributed by atoms with van der Waals surface area (Å²) >= 11 is 0. The van der Waals surface area contributed by atoms with E-state index in [2.05, 4.69) is 15.0 Å². The van der Waals surface area contributed by atoms with E-state index in [1.54, 1.807) is 26.8 Å². The lowest BCUT2D eigenvalue weighted by Gasteiger charge is -2.03. The third-order valence-electron chi connectivity index (χ3n) is 2.02. The first-order chi connectivity index (χ1) is 6.77. The minimum Gasteiger partial charge on any atom is -0.414 e. The molecule has 2 aromatic heterocycles. The van der Waals surface area contributed by atoms with Crippen molar-refractivity contribution in [2.24, 2.45) is 12.0 Å². The molecule has 0 unspecified atom stereocenters. The molecule has 0 radical (unpaired) electrons. The molecule has 2 heterocycles. The van der Waals surface area contributed by atoms with E-state index in [1.165, 1.54) is 4.73 Å². The molecular weight excluding hydrogens is 309 g/mol. The highest BCUT2D eigenvalue weighted by Crippen LogP contribution is 2.01. The van der Waals surface area contributed by atoms with E-state index < -0.39 is 0 Å². The Balaban J connectivity index is 0.00000112. The molecule has 0 saturated heterocycles. The lowest BCUT2D eigenvalue weighted by molar-refractivity contribution is 0.153. The summed E-state index contributed by atoms with van der Waals surface area (Å²) in [4.78, 5) is 17.6. The van der Waals surface area contributed by atoms with Gasteiger partial charge in [0.05, 0.1) is 6.33 Å². The van der Waals surface area contributed by atoms with E-state index in [9.17, 15) is 0 Å². The first kappa shape index (κ1) is 12.0. The van der Waals surface area contributed by atoms with E-state index >= 15 is 0 Å². The van der Waals surface area contributed by atoms with Crippen molar-refractivity contribution in [3.63, 3.8) is 0 Å². The third kappa shape index (κ3) is 1.83. The smallest absolute Gasteiger partial charge is 0.194 e. The zero-order valence-electron chi connectivity index (χ0n) is 8.71. The molecule has 0 spiro atoms. The fourth-order valence-electron chi connectivity index (χ4n) is 1.34. The van der Waals surface area contributed by atoms with Gasteiger partial charge in [0.1, 0.15) is 13.4 Å². The Kier molecular flexibility index (Phi) is 3.66. The number of hydrogen-bond donors (Lipinski definition) is 0. The highest BCUT2D eigenvalue weighted by atomic mass is 127. The van der Waals surface area contributed by atoms with Crippen LogP contribution in [0.4, 0.5) is 0 Å². The summed E-state index contributed by atoms with van der Waals surface area (Å²) in [5, 5.41) is 0. The standard InChI is InChI=1S/C8H11N5O.HI/c1-9-7-6-8(12(2)4-10-6)11-5-13(7)14-3;/h4-5H,1-3H3;1H. The number of aryl methyl sites for hydroxylation is 1. The summed E-state index contributed by atoms with van der Waals surface area (Å²) in [7, 11) is 5.14. The molecule has 2 rings (SSSR count). The molecule has 0 aliphatic carbocycles. The van der Waals surface area contributed by atoms with Crippen LogP contribution in [0.15, 0.2) is 17.6 Å². The average molecular weight is 321 g/mol. The highest BCUT2D eigenvalue weighted by Gasteiger charge is 2.05. The van der Waals surface area contributed by atoms with Crippen molar-refractivity contribution >= 4 is 35.1 Å². The number of nitrogens with zero attached hydrogens (tertiary/aromatic N) is 5. The van der Waals surface area contributed by atoms with Gasteiger partial charge in [-0.1, -0.05) is 0 Å². The lowest BCUT2D eigenvalue weighted by atomic mass is 10.5. The quantitative estimate of drug-likeness (QED) is 0.694. The Morgan fingerprint density at radius 2 is 2.07 bits per heavy atom. The van der Waals surface area contributed by atoms with Gasteiger partial charge in [-0.15, -0.1) is 24.0 Å². The Bertz CT molecular complexity index is 529. The van der Waals surface area contributed by atoms with Crippen LogP contribution in [0.25, 0.3) is 11.2 Å². The van der Waals surface area contributed by atoms with Crippen LogP contribution in [0.1, 0.15) is 0 Å². The molecule has 6 nitrogen and oxygen atoms in total. The van der Waals surface area contributed by atoms with Gasteiger partial charge in [0.2, 0.25) is 0 Å². The molecule has 0 aliphatic rings. The van der Waals surface area contributed by atoms with Crippen molar-refractivity contribution in [2.75, 3.05) is 14.2 Å². The molecule has 0 aromatic carbocycles. The predicted molar refractivity (Wildman–Crippen MR) is 65.9 cm³/mol. The normalized spacial score (nSPS) is 11.5. The largest absolute Gasteiger partial charge is 0.414 e. The Morgan fingerprint density at radius 1 is 1.33 bits per heavy atom. The van der Waals surface area contributed by atoms with Crippen LogP contribution in [-0.4, -0.2) is 33.4 Å². The van der Waals surface area contributed by atoms with Crippen molar-refractivity contribution in [1.82, 2.24) is 19.3 Å². The van der Waals surface area contributed by atoms with Gasteiger partial charge in [-0.25, -0.2) is 9.97 Å². The van der Waals surface area contributed by atoms with Crippen molar-refractivity contribution in [3.05, 3.63) is 18.1 Å². The third-order valence-corrected chi connectivity index (χ3v) is 2.02. The molecule has 82 valence electrons. The van der Waals surface area contributed by atoms with Gasteiger partial charge < -0.3 is 9.40 Å². The zero-order valence-corrected chi connectivity index (χ0v) is 11.0. The minimum absolute atomic E-state index is 0. The van der Waals surface area contributed by atoms with Crippen molar-refractivity contribution in [2.45, 2.75) is 0 Å². The van der Waals surface area contributed by atoms with Gasteiger partial charge >= 0.3 is 0 Å². The molecule has 7 heteroatoms. The van der Waals surface area contributed by atoms with Crippen LogP contribution < -0.4 is 10.3 Å². The number of imidazole rings is 1. The van der Waals surface area contributed by atoms with Gasteiger partial charge in [-0.2, -0.15) is 4.73 Å². The second kappa shape index (κ2) is 4.60. The zero-order chi connectivity index (χ0) is 10.1. The minimum atomic E-state index is 0. The molecule has 0 saturated carbocycles. The SMILES string of the molecule is CN=c1c2ncn(C)c2ncn1OC.I. The topological polar surface area (TPSA) is 57.2 Å². The van der Waals surface area contributed by atoms with Crippen LogP contribution in [0.2, 0.25) is 0 Å². The summed E-state index contributed by atoms with van der Waals surface area (Å²) < 4.78 is 3.32. The highest BCUT2D eigenvalue weighted by molar-refractivity contribution is 14.0. The van der Waals surface area contributed by atoms with Crippen LogP contribution in [0.3, 0.4) is 0 Å². The van der Waals surface area contributed by atoms with Crippen LogP contribution in [0.5, 0.6) is 0 Å². The summed E-state index contributed by atoms with van der Waals surface area (Å²) in [5.41, 5.74) is 2.19. The maximum Gasteiger partial charge on any atom is 0.194 e. The van der Waals surface area contributed by atoms with E-state index in [1.807, 2.05) is 11.6 Å². The van der Waals surface area contributed by atoms with Crippen molar-refractivity contribution < 1.29 is 4.84 Å². The monoisotopic (exact) mass is 321 g/mol. The molecule has 0 N–H and O–H groups in total. The summed E-state index contributed by atoms with van der Waals surface area (Å²) in [6.07, 6.45) is 3.28. The number of aromatic nitrogens is 4. The van der Waals surface area contributed by atoms with E-state index in [0.717, 1.165) is 11.2 Å². The van der Waals surface area contributed by atoms with Gasteiger partial charge in [-0.3, -0.25) is 4.99 Å². The Hall–Kier alpha value is -1.12. The first-order valence-electron chi connectivity index (χ1n) is 4.14. The maximum atomic E-state index is 5.06. The summed E-state index contributed by atoms with van der Waals surface area (Å²) in [5.74, 6) is 0. The maximum absolute atomic E-state index is 5.06. The number of hydrogen-bond acceptors (Lipinski definition) is 4. The average Bonchev–Trinajstić information content (AvgIpc) is 2.59. The summed E-state index contributed by atoms with van der Waals surface area (Å²) in [6, 6.07) is 0. The van der Waals surface area contributed by atoms with Crippen molar-refractivity contribution in [3.8, 4) is 0 Å². The molecule has 15 heavy (non-hydrogen) atoms. The Labute approximate surface area is 104 Å². The van der Waals surface area contributed by atoms with Gasteiger partial charge in [0.25, 0.3) is 0 Å². The molecule has 0 fully saturated rings. The lowest BCUT2D eigenvalue weighted by Crippen LogP contribution is -2.26. The fraction of sp³-hybridized carbons (Fsp3) is 0.375. The first-order valence-corrected chi connectivity index (χ1v) is 4.14. The molecule has 2 aromatic rings. The number of fused-ring (bicyclic) bond motifs is 1. The predicted octanol–water partition coefficient (Wildman–Crippen LogP) is -0.0233. The van der Waals surface area contributed by atoms with Gasteiger partial charge in [0.15, 0.2) is 16.7 Å². The van der Waals surface area contributed by atoms with E-state index in [-0.39, 0.29) is 24.0 Å². The van der Waals surface area contributed by atoms with Crippen LogP contribution in [0, 0.1) is 0 Å². The number of halogens is 1. The van der Waals surface area contributed by atoms with Gasteiger partial charge in [-0.05, 0) is 0 Å². The van der Waals surface area contributed by atoms with Crippen molar-refractivity contribution in [1.29, 1.82) is 0 Å². The second-order valence-corrected chi connectivity index (χ2v) is 2.83. The summed E-state index contributed by atoms with van der Waals surface area (Å²) in [6.45, 7) is 0. The van der Waals surface area contributed by atoms with Gasteiger partial charge in [0, 0.05) is 14.1 Å². The Morgan fingerprint density at radius 3 is 2.67 bits per heavy atom. The molecule has 0 aliphatic heterocycles. The molecule has 0 atom stereocenters. The van der Waals surface area contributed by atoms with E-state index in [4.69, 9.17) is 4.84 Å². The fourth-order valence-corrected chi connectivity index (χ4v) is 1.34. The second-order valence-electron chi connectivity index (χ2n) is 2.83.